The molecule has 0 atom stereocenters. The van der Waals surface area contributed by atoms with Crippen molar-refractivity contribution >= 4 is 17.6 Å². The molecule has 0 fully saturated rings. The van der Waals surface area contributed by atoms with E-state index < -0.39 is 0 Å². The van der Waals surface area contributed by atoms with Crippen LogP contribution in [0, 0.1) is 0 Å². The van der Waals surface area contributed by atoms with Crippen molar-refractivity contribution in [2.75, 3.05) is 11.9 Å². The molecule has 0 amide bonds. The maximum atomic E-state index is 11.6. The van der Waals surface area contributed by atoms with E-state index >= 15 is 0 Å². The zero-order valence-corrected chi connectivity index (χ0v) is 12.6. The molecule has 2 rings (SSSR count). The lowest BCUT2D eigenvalue weighted by atomic mass is 10.4. The summed E-state index contributed by atoms with van der Waals surface area (Å²) in [6.07, 6.45) is 3.44. The Bertz CT molecular complexity index is 603. The Morgan fingerprint density at radius 1 is 1.40 bits per heavy atom. The first-order chi connectivity index (χ1) is 9.61. The first kappa shape index (κ1) is 14.6. The third kappa shape index (κ3) is 3.38. The molecule has 0 aliphatic carbocycles. The summed E-state index contributed by atoms with van der Waals surface area (Å²) in [7, 11) is 0. The van der Waals surface area contributed by atoms with Crippen molar-refractivity contribution in [2.24, 2.45) is 0 Å². The minimum atomic E-state index is -0.184. The van der Waals surface area contributed by atoms with Crippen LogP contribution in [0.1, 0.15) is 32.5 Å². The van der Waals surface area contributed by atoms with Gasteiger partial charge in [-0.1, -0.05) is 11.8 Å². The lowest BCUT2D eigenvalue weighted by molar-refractivity contribution is 0.534. The molecule has 0 aliphatic rings. The number of hydrogen-bond donors (Lipinski definition) is 2. The van der Waals surface area contributed by atoms with Crippen LogP contribution in [0.5, 0.6) is 0 Å². The standard InChI is InChI=1S/C12H18N6OS/c1-4-13-10-6-14-9(5-15-10)7-20-12-17-16-11(19)18(12)8(2)3/h5-6,8H,4,7H2,1-3H3,(H,13,15)(H,16,19). The van der Waals surface area contributed by atoms with Gasteiger partial charge >= 0.3 is 5.69 Å². The average molecular weight is 294 g/mol. The number of nitrogens with one attached hydrogen (secondary N) is 2. The normalized spacial score (nSPS) is 11.0. The highest BCUT2D eigenvalue weighted by Gasteiger charge is 2.12. The highest BCUT2D eigenvalue weighted by Crippen LogP contribution is 2.20. The van der Waals surface area contributed by atoms with Gasteiger partial charge in [0.05, 0.1) is 18.1 Å². The Morgan fingerprint density at radius 3 is 2.80 bits per heavy atom. The van der Waals surface area contributed by atoms with Gasteiger partial charge in [0, 0.05) is 18.3 Å². The van der Waals surface area contributed by atoms with E-state index in [0.29, 0.717) is 10.9 Å². The summed E-state index contributed by atoms with van der Waals surface area (Å²) < 4.78 is 1.63. The molecule has 2 aromatic rings. The molecule has 0 saturated carbocycles. The van der Waals surface area contributed by atoms with Gasteiger partial charge in [-0.25, -0.2) is 14.9 Å². The van der Waals surface area contributed by atoms with E-state index in [2.05, 4.69) is 25.5 Å². The molecule has 0 bridgehead atoms. The van der Waals surface area contributed by atoms with Crippen LogP contribution in [0.2, 0.25) is 0 Å². The second-order valence-corrected chi connectivity index (χ2v) is 5.43. The van der Waals surface area contributed by atoms with Gasteiger partial charge < -0.3 is 5.32 Å². The third-order valence-electron chi connectivity index (χ3n) is 2.60. The van der Waals surface area contributed by atoms with Gasteiger partial charge in [-0.15, -0.1) is 5.10 Å². The van der Waals surface area contributed by atoms with E-state index in [1.807, 2.05) is 20.8 Å². The molecule has 8 heteroatoms. The van der Waals surface area contributed by atoms with Crippen molar-refractivity contribution < 1.29 is 0 Å². The lowest BCUT2D eigenvalue weighted by Crippen LogP contribution is -2.19. The van der Waals surface area contributed by atoms with Crippen LogP contribution in [0.3, 0.4) is 0 Å². The number of aromatic amines is 1. The summed E-state index contributed by atoms with van der Waals surface area (Å²) >= 11 is 1.47. The van der Waals surface area contributed by atoms with Crippen molar-refractivity contribution in [3.8, 4) is 0 Å². The monoisotopic (exact) mass is 294 g/mol. The van der Waals surface area contributed by atoms with Crippen LogP contribution >= 0.6 is 11.8 Å². The Morgan fingerprint density at radius 2 is 2.20 bits per heavy atom. The van der Waals surface area contributed by atoms with Crippen molar-refractivity contribution in [1.82, 2.24) is 24.7 Å². The molecule has 0 spiro atoms. The molecule has 0 aromatic carbocycles. The molecule has 2 heterocycles. The molecule has 108 valence electrons. The highest BCUT2D eigenvalue weighted by atomic mass is 32.2. The summed E-state index contributed by atoms with van der Waals surface area (Å²) in [6.45, 7) is 6.73. The summed E-state index contributed by atoms with van der Waals surface area (Å²) in [5.74, 6) is 1.39. The molecule has 2 N–H and O–H groups in total. The number of hydrogen-bond acceptors (Lipinski definition) is 6. The fourth-order valence-electron chi connectivity index (χ4n) is 1.69. The van der Waals surface area contributed by atoms with Gasteiger partial charge in [0.2, 0.25) is 0 Å². The number of rotatable bonds is 6. The van der Waals surface area contributed by atoms with E-state index in [1.54, 1.807) is 17.0 Å². The van der Waals surface area contributed by atoms with E-state index in [9.17, 15) is 4.79 Å². The average Bonchev–Trinajstić information content (AvgIpc) is 2.79. The van der Waals surface area contributed by atoms with Crippen molar-refractivity contribution in [3.63, 3.8) is 0 Å². The van der Waals surface area contributed by atoms with Gasteiger partial charge in [0.15, 0.2) is 5.16 Å². The zero-order valence-electron chi connectivity index (χ0n) is 11.8. The molecular formula is C12H18N6OS. The molecule has 0 radical (unpaired) electrons. The Hall–Kier alpha value is -1.83. The smallest absolute Gasteiger partial charge is 0.344 e. The van der Waals surface area contributed by atoms with Crippen LogP contribution in [0.4, 0.5) is 5.82 Å². The minimum absolute atomic E-state index is 0.0750. The van der Waals surface area contributed by atoms with Crippen LogP contribution in [0.25, 0.3) is 0 Å². The van der Waals surface area contributed by atoms with Gasteiger partial charge in [0.1, 0.15) is 5.82 Å². The second kappa shape index (κ2) is 6.56. The number of aromatic nitrogens is 5. The summed E-state index contributed by atoms with van der Waals surface area (Å²) in [6, 6.07) is 0.0750. The minimum Gasteiger partial charge on any atom is -0.369 e. The molecule has 2 aromatic heterocycles. The predicted octanol–water partition coefficient (Wildman–Crippen LogP) is 1.67. The molecular weight excluding hydrogens is 276 g/mol. The second-order valence-electron chi connectivity index (χ2n) is 4.49. The molecule has 0 saturated heterocycles. The Kier molecular flexibility index (Phi) is 4.78. The quantitative estimate of drug-likeness (QED) is 0.788. The maximum Gasteiger partial charge on any atom is 0.344 e. The van der Waals surface area contributed by atoms with E-state index in [1.165, 1.54) is 11.8 Å². The van der Waals surface area contributed by atoms with Gasteiger partial charge in [0.25, 0.3) is 0 Å². The maximum absolute atomic E-state index is 11.6. The highest BCUT2D eigenvalue weighted by molar-refractivity contribution is 7.98. The zero-order chi connectivity index (χ0) is 14.5. The van der Waals surface area contributed by atoms with E-state index in [-0.39, 0.29) is 11.7 Å². The topological polar surface area (TPSA) is 88.5 Å². The summed E-state index contributed by atoms with van der Waals surface area (Å²) in [5.41, 5.74) is 0.665. The van der Waals surface area contributed by atoms with E-state index in [4.69, 9.17) is 0 Å². The first-order valence-corrected chi connectivity index (χ1v) is 7.45. The predicted molar refractivity (Wildman–Crippen MR) is 79.0 cm³/mol. The van der Waals surface area contributed by atoms with Crippen LogP contribution in [0.15, 0.2) is 22.3 Å². The Balaban J connectivity index is 2.03. The molecule has 7 nitrogen and oxygen atoms in total. The first-order valence-electron chi connectivity index (χ1n) is 6.46. The number of anilines is 1. The van der Waals surface area contributed by atoms with Crippen molar-refractivity contribution in [3.05, 3.63) is 28.6 Å². The summed E-state index contributed by atoms with van der Waals surface area (Å²) in [5, 5.41) is 10.3. The largest absolute Gasteiger partial charge is 0.369 e. The lowest BCUT2D eigenvalue weighted by Gasteiger charge is -2.08. The number of nitrogens with zero attached hydrogens (tertiary/aromatic N) is 4. The number of thioether (sulfide) groups is 1. The summed E-state index contributed by atoms with van der Waals surface area (Å²) in [4.78, 5) is 20.2. The van der Waals surface area contributed by atoms with Crippen molar-refractivity contribution in [1.29, 1.82) is 0 Å². The molecule has 0 aliphatic heterocycles. The van der Waals surface area contributed by atoms with Gasteiger partial charge in [-0.05, 0) is 20.8 Å². The van der Waals surface area contributed by atoms with Crippen LogP contribution < -0.4 is 11.0 Å². The number of H-pyrrole nitrogens is 1. The molecule has 20 heavy (non-hydrogen) atoms. The SMILES string of the molecule is CCNc1cnc(CSc2n[nH]c(=O)n2C(C)C)cn1. The Labute approximate surface area is 121 Å². The van der Waals surface area contributed by atoms with Gasteiger partial charge in [-0.2, -0.15) is 0 Å². The third-order valence-corrected chi connectivity index (χ3v) is 3.59. The molecule has 0 unspecified atom stereocenters. The van der Waals surface area contributed by atoms with Crippen LogP contribution in [-0.4, -0.2) is 31.3 Å². The van der Waals surface area contributed by atoms with Crippen LogP contribution in [-0.2, 0) is 5.75 Å². The van der Waals surface area contributed by atoms with E-state index in [0.717, 1.165) is 18.1 Å². The fraction of sp³-hybridized carbons (Fsp3) is 0.500. The van der Waals surface area contributed by atoms with Gasteiger partial charge in [-0.3, -0.25) is 9.55 Å². The fourth-order valence-corrected chi connectivity index (χ4v) is 2.66. The van der Waals surface area contributed by atoms with Crippen molar-refractivity contribution in [2.45, 2.75) is 37.7 Å².